The van der Waals surface area contributed by atoms with Crippen LogP contribution in [-0.2, 0) is 9.53 Å². The van der Waals surface area contributed by atoms with Gasteiger partial charge in [0.05, 0.1) is 12.2 Å². The summed E-state index contributed by atoms with van der Waals surface area (Å²) in [5.41, 5.74) is 0.944. The van der Waals surface area contributed by atoms with Crippen molar-refractivity contribution >= 4 is 33.9 Å². The van der Waals surface area contributed by atoms with Crippen molar-refractivity contribution in [3.05, 3.63) is 69.7 Å². The maximum absolute atomic E-state index is 12.1. The Morgan fingerprint density at radius 2 is 1.92 bits per heavy atom. The number of carbonyl (C=O) groups is 2. The van der Waals surface area contributed by atoms with Crippen LogP contribution in [0.3, 0.4) is 0 Å². The van der Waals surface area contributed by atoms with E-state index in [1.165, 1.54) is 6.08 Å². The first-order chi connectivity index (χ1) is 12.0. The average molecular weight is 400 g/mol. The molecule has 0 radical (unpaired) electrons. The van der Waals surface area contributed by atoms with Crippen molar-refractivity contribution in [3.63, 3.8) is 0 Å². The third-order valence-electron chi connectivity index (χ3n) is 3.08. The quantitative estimate of drug-likeness (QED) is 0.326. The number of ether oxygens (including phenoxy) is 2. The Labute approximate surface area is 153 Å². The van der Waals surface area contributed by atoms with E-state index in [1.54, 1.807) is 55.5 Å². The second kappa shape index (κ2) is 8.81. The van der Waals surface area contributed by atoms with E-state index >= 15 is 0 Å². The second-order valence-corrected chi connectivity index (χ2v) is 5.77. The summed E-state index contributed by atoms with van der Waals surface area (Å²) in [5.74, 6) is -0.791. The Kier molecular flexibility index (Phi) is 6.49. The lowest BCUT2D eigenvalue weighted by Crippen LogP contribution is -2.08. The molecule has 2 aromatic rings. The number of hydrogen-bond acceptors (Lipinski definition) is 5. The maximum atomic E-state index is 12.1. The van der Waals surface area contributed by atoms with Crippen molar-refractivity contribution in [2.75, 3.05) is 6.61 Å². The third-order valence-corrected chi connectivity index (χ3v) is 3.57. The first-order valence-electron chi connectivity index (χ1n) is 7.40. The van der Waals surface area contributed by atoms with Gasteiger partial charge in [-0.25, -0.2) is 9.59 Å². The van der Waals surface area contributed by atoms with Gasteiger partial charge < -0.3 is 9.47 Å². The van der Waals surface area contributed by atoms with Gasteiger partial charge in [0.1, 0.15) is 17.4 Å². The molecule has 0 bridgehead atoms. The van der Waals surface area contributed by atoms with Crippen LogP contribution in [0.2, 0.25) is 0 Å². The van der Waals surface area contributed by atoms with Gasteiger partial charge in [-0.2, -0.15) is 5.26 Å². The van der Waals surface area contributed by atoms with Crippen LogP contribution < -0.4 is 4.74 Å². The van der Waals surface area contributed by atoms with Crippen LogP contribution in [0, 0.1) is 11.3 Å². The predicted octanol–water partition coefficient (Wildman–Crippen LogP) is 4.14. The summed E-state index contributed by atoms with van der Waals surface area (Å²) in [6.07, 6.45) is 1.41. The number of halogens is 1. The minimum atomic E-state index is -0.671. The molecule has 0 fully saturated rings. The summed E-state index contributed by atoms with van der Waals surface area (Å²) in [5, 5.41) is 9.01. The number of carbonyl (C=O) groups excluding carboxylic acids is 2. The van der Waals surface area contributed by atoms with Gasteiger partial charge in [-0.3, -0.25) is 0 Å². The van der Waals surface area contributed by atoms with E-state index in [2.05, 4.69) is 15.9 Å². The molecule has 0 aromatic heterocycles. The SMILES string of the molecule is CCOC(=O)/C(C#N)=C/c1ccc(OC(=O)c2cccc(Br)c2)cc1. The van der Waals surface area contributed by atoms with Crippen LogP contribution >= 0.6 is 15.9 Å². The fourth-order valence-electron chi connectivity index (χ4n) is 1.93. The molecular weight excluding hydrogens is 386 g/mol. The summed E-state index contributed by atoms with van der Waals surface area (Å²) >= 11 is 3.30. The minimum absolute atomic E-state index is 0.0965. The van der Waals surface area contributed by atoms with E-state index in [0.717, 1.165) is 4.47 Å². The lowest BCUT2D eigenvalue weighted by molar-refractivity contribution is -0.137. The van der Waals surface area contributed by atoms with Crippen LogP contribution in [0.5, 0.6) is 5.75 Å². The molecule has 0 unspecified atom stereocenters. The van der Waals surface area contributed by atoms with E-state index in [9.17, 15) is 9.59 Å². The van der Waals surface area contributed by atoms with Crippen LogP contribution in [0.25, 0.3) is 6.08 Å². The lowest BCUT2D eigenvalue weighted by atomic mass is 10.1. The summed E-state index contributed by atoms with van der Waals surface area (Å²) < 4.78 is 10.9. The molecule has 25 heavy (non-hydrogen) atoms. The Balaban J connectivity index is 2.10. The number of benzene rings is 2. The van der Waals surface area contributed by atoms with Gasteiger partial charge in [-0.15, -0.1) is 0 Å². The zero-order valence-electron chi connectivity index (χ0n) is 13.4. The van der Waals surface area contributed by atoms with Gasteiger partial charge in [0.2, 0.25) is 0 Å². The number of rotatable bonds is 5. The van der Waals surface area contributed by atoms with Crippen molar-refractivity contribution in [2.24, 2.45) is 0 Å². The Bertz CT molecular complexity index is 850. The molecule has 126 valence electrons. The molecule has 2 aromatic carbocycles. The molecule has 6 heteroatoms. The zero-order chi connectivity index (χ0) is 18.2. The van der Waals surface area contributed by atoms with Gasteiger partial charge in [0, 0.05) is 4.47 Å². The number of esters is 2. The number of hydrogen-bond donors (Lipinski definition) is 0. The number of nitrogens with zero attached hydrogens (tertiary/aromatic N) is 1. The molecule has 0 saturated heterocycles. The van der Waals surface area contributed by atoms with Crippen LogP contribution in [0.1, 0.15) is 22.8 Å². The Hall–Kier alpha value is -2.91. The normalized spacial score (nSPS) is 10.7. The fraction of sp³-hybridized carbons (Fsp3) is 0.105. The van der Waals surface area contributed by atoms with Crippen LogP contribution in [0.4, 0.5) is 0 Å². The monoisotopic (exact) mass is 399 g/mol. The molecular formula is C19H14BrNO4. The molecule has 0 saturated carbocycles. The van der Waals surface area contributed by atoms with Crippen molar-refractivity contribution in [1.29, 1.82) is 5.26 Å². The van der Waals surface area contributed by atoms with E-state index < -0.39 is 11.9 Å². The highest BCUT2D eigenvalue weighted by molar-refractivity contribution is 9.10. The maximum Gasteiger partial charge on any atom is 0.348 e. The van der Waals surface area contributed by atoms with E-state index in [0.29, 0.717) is 16.9 Å². The van der Waals surface area contributed by atoms with Gasteiger partial charge in [0.15, 0.2) is 0 Å². The van der Waals surface area contributed by atoms with E-state index in [-0.39, 0.29) is 12.2 Å². The first-order valence-corrected chi connectivity index (χ1v) is 8.19. The Morgan fingerprint density at radius 1 is 1.20 bits per heavy atom. The van der Waals surface area contributed by atoms with Crippen molar-refractivity contribution < 1.29 is 19.1 Å². The highest BCUT2D eigenvalue weighted by atomic mass is 79.9. The third kappa shape index (κ3) is 5.30. The Morgan fingerprint density at radius 3 is 2.52 bits per heavy atom. The van der Waals surface area contributed by atoms with Crippen LogP contribution in [0.15, 0.2) is 58.6 Å². The number of nitriles is 1. The molecule has 0 aliphatic carbocycles. The second-order valence-electron chi connectivity index (χ2n) is 4.86. The van der Waals surface area contributed by atoms with Gasteiger partial charge in [0.25, 0.3) is 0 Å². The summed E-state index contributed by atoms with van der Waals surface area (Å²) in [6, 6.07) is 15.1. The highest BCUT2D eigenvalue weighted by Crippen LogP contribution is 2.18. The average Bonchev–Trinajstić information content (AvgIpc) is 2.61. The van der Waals surface area contributed by atoms with E-state index in [1.807, 2.05) is 6.07 Å². The zero-order valence-corrected chi connectivity index (χ0v) is 14.9. The summed E-state index contributed by atoms with van der Waals surface area (Å²) in [7, 11) is 0. The minimum Gasteiger partial charge on any atom is -0.462 e. The molecule has 5 nitrogen and oxygen atoms in total. The molecule has 2 rings (SSSR count). The molecule has 0 N–H and O–H groups in total. The van der Waals surface area contributed by atoms with Crippen LogP contribution in [-0.4, -0.2) is 18.5 Å². The standard InChI is InChI=1S/C19H14BrNO4/c1-2-24-18(22)15(12-21)10-13-6-8-17(9-7-13)25-19(23)14-4-3-5-16(20)11-14/h3-11H,2H2,1H3/b15-10+. The smallest absolute Gasteiger partial charge is 0.348 e. The topological polar surface area (TPSA) is 76.4 Å². The lowest BCUT2D eigenvalue weighted by Gasteiger charge is -2.05. The predicted molar refractivity (Wildman–Crippen MR) is 95.8 cm³/mol. The van der Waals surface area contributed by atoms with Gasteiger partial charge >= 0.3 is 11.9 Å². The molecule has 0 aliphatic heterocycles. The van der Waals surface area contributed by atoms with E-state index in [4.69, 9.17) is 14.7 Å². The molecule has 0 heterocycles. The molecule has 0 spiro atoms. The first kappa shape index (κ1) is 18.4. The van der Waals surface area contributed by atoms with Crippen molar-refractivity contribution in [1.82, 2.24) is 0 Å². The molecule has 0 amide bonds. The largest absolute Gasteiger partial charge is 0.462 e. The summed E-state index contributed by atoms with van der Waals surface area (Å²) in [6.45, 7) is 1.86. The molecule has 0 aliphatic rings. The van der Waals surface area contributed by atoms with Crippen molar-refractivity contribution in [3.8, 4) is 11.8 Å². The van der Waals surface area contributed by atoms with Gasteiger partial charge in [-0.1, -0.05) is 34.1 Å². The molecule has 0 atom stereocenters. The van der Waals surface area contributed by atoms with Crippen molar-refractivity contribution in [2.45, 2.75) is 6.92 Å². The summed E-state index contributed by atoms with van der Waals surface area (Å²) in [4.78, 5) is 23.7. The van der Waals surface area contributed by atoms with Gasteiger partial charge in [-0.05, 0) is 48.9 Å². The highest BCUT2D eigenvalue weighted by Gasteiger charge is 2.11. The fourth-order valence-corrected chi connectivity index (χ4v) is 2.33.